The van der Waals surface area contributed by atoms with Crippen molar-refractivity contribution in [2.45, 2.75) is 57.5 Å². The lowest BCUT2D eigenvalue weighted by Crippen LogP contribution is -2.54. The molecular formula is C15H27N3O2. The predicted octanol–water partition coefficient (Wildman–Crippen LogP) is 0.877. The van der Waals surface area contributed by atoms with E-state index in [9.17, 15) is 9.59 Å². The van der Waals surface area contributed by atoms with E-state index in [-0.39, 0.29) is 29.8 Å². The number of rotatable bonds is 2. The second-order valence-electron chi connectivity index (χ2n) is 6.31. The number of carbonyl (C=O) groups is 2. The molecule has 0 bridgehead atoms. The van der Waals surface area contributed by atoms with Gasteiger partial charge in [0.2, 0.25) is 11.8 Å². The zero-order valence-corrected chi connectivity index (χ0v) is 12.6. The maximum atomic E-state index is 12.8. The highest BCUT2D eigenvalue weighted by molar-refractivity contribution is 5.88. The number of nitrogens with one attached hydrogen (secondary N) is 1. The minimum atomic E-state index is -0.274. The Morgan fingerprint density at radius 3 is 2.60 bits per heavy atom. The van der Waals surface area contributed by atoms with Gasteiger partial charge in [-0.2, -0.15) is 0 Å². The van der Waals surface area contributed by atoms with Crippen LogP contribution in [0.2, 0.25) is 0 Å². The number of amides is 2. The van der Waals surface area contributed by atoms with E-state index in [2.05, 4.69) is 12.2 Å². The van der Waals surface area contributed by atoms with E-state index in [0.29, 0.717) is 12.5 Å². The maximum Gasteiger partial charge on any atom is 0.242 e. The summed E-state index contributed by atoms with van der Waals surface area (Å²) in [6, 6.07) is -0.0470. The van der Waals surface area contributed by atoms with Crippen LogP contribution >= 0.6 is 0 Å². The van der Waals surface area contributed by atoms with E-state index in [0.717, 1.165) is 38.5 Å². The molecule has 5 nitrogen and oxygen atoms in total. The third kappa shape index (κ3) is 3.14. The molecule has 5 heteroatoms. The number of piperidine rings is 1. The van der Waals surface area contributed by atoms with Gasteiger partial charge in [0, 0.05) is 25.6 Å². The third-order valence-corrected chi connectivity index (χ3v) is 4.86. The Morgan fingerprint density at radius 1 is 1.20 bits per heavy atom. The van der Waals surface area contributed by atoms with Gasteiger partial charge in [-0.05, 0) is 44.4 Å². The van der Waals surface area contributed by atoms with Crippen molar-refractivity contribution in [2.24, 2.45) is 17.6 Å². The smallest absolute Gasteiger partial charge is 0.242 e. The van der Waals surface area contributed by atoms with Crippen molar-refractivity contribution in [1.29, 1.82) is 0 Å². The Bertz CT molecular complexity index is 372. The van der Waals surface area contributed by atoms with Gasteiger partial charge < -0.3 is 16.0 Å². The van der Waals surface area contributed by atoms with Crippen LogP contribution in [0, 0.1) is 11.8 Å². The Balaban J connectivity index is 2.07. The molecule has 3 N–H and O–H groups in total. The van der Waals surface area contributed by atoms with Crippen molar-refractivity contribution in [3.63, 3.8) is 0 Å². The number of hydrogen-bond donors (Lipinski definition) is 2. The summed E-state index contributed by atoms with van der Waals surface area (Å²) in [5.74, 6) is 0.495. The van der Waals surface area contributed by atoms with Crippen LogP contribution in [-0.4, -0.2) is 42.4 Å². The molecular weight excluding hydrogens is 254 g/mol. The van der Waals surface area contributed by atoms with Gasteiger partial charge in [-0.25, -0.2) is 0 Å². The zero-order valence-electron chi connectivity index (χ0n) is 12.6. The van der Waals surface area contributed by atoms with Crippen molar-refractivity contribution in [1.82, 2.24) is 10.2 Å². The van der Waals surface area contributed by atoms with Gasteiger partial charge in [0.1, 0.15) is 6.04 Å². The Kier molecular flexibility index (Phi) is 5.02. The lowest BCUT2D eigenvalue weighted by atomic mass is 9.77. The van der Waals surface area contributed by atoms with Gasteiger partial charge in [0.05, 0.1) is 0 Å². The molecule has 1 saturated carbocycles. The number of nitrogens with two attached hydrogens (primary N) is 1. The van der Waals surface area contributed by atoms with Gasteiger partial charge in [0.15, 0.2) is 0 Å². The van der Waals surface area contributed by atoms with Crippen molar-refractivity contribution in [2.75, 3.05) is 13.6 Å². The molecule has 0 radical (unpaired) electrons. The van der Waals surface area contributed by atoms with E-state index in [4.69, 9.17) is 5.73 Å². The van der Waals surface area contributed by atoms with Crippen LogP contribution < -0.4 is 11.1 Å². The summed E-state index contributed by atoms with van der Waals surface area (Å²) in [6.45, 7) is 2.83. The van der Waals surface area contributed by atoms with E-state index in [1.807, 2.05) is 4.90 Å². The SMILES string of the molecule is CNC(=O)C1CCCCN1C(=O)C1CCC(N)CC1C. The average Bonchev–Trinajstić information content (AvgIpc) is 2.46. The van der Waals surface area contributed by atoms with Crippen molar-refractivity contribution in [3.05, 3.63) is 0 Å². The lowest BCUT2D eigenvalue weighted by Gasteiger charge is -2.40. The van der Waals surface area contributed by atoms with Crippen LogP contribution in [0.1, 0.15) is 45.4 Å². The normalized spacial score (nSPS) is 34.6. The summed E-state index contributed by atoms with van der Waals surface area (Å²) in [6.07, 6.45) is 5.49. The number of hydrogen-bond acceptors (Lipinski definition) is 3. The molecule has 1 saturated heterocycles. The monoisotopic (exact) mass is 281 g/mol. The quantitative estimate of drug-likeness (QED) is 0.789. The van der Waals surface area contributed by atoms with Gasteiger partial charge in [-0.15, -0.1) is 0 Å². The molecule has 0 aromatic heterocycles. The highest BCUT2D eigenvalue weighted by Crippen LogP contribution is 2.32. The highest BCUT2D eigenvalue weighted by atomic mass is 16.2. The van der Waals surface area contributed by atoms with Gasteiger partial charge in [-0.3, -0.25) is 9.59 Å². The molecule has 4 unspecified atom stereocenters. The standard InChI is InChI=1S/C15H27N3O2/c1-10-9-11(16)6-7-12(10)15(20)18-8-4-3-5-13(18)14(19)17-2/h10-13H,3-9,16H2,1-2H3,(H,17,19). The molecule has 20 heavy (non-hydrogen) atoms. The van der Waals surface area contributed by atoms with Crippen LogP contribution in [0.4, 0.5) is 0 Å². The molecule has 2 rings (SSSR count). The lowest BCUT2D eigenvalue weighted by molar-refractivity contribution is -0.147. The second kappa shape index (κ2) is 6.57. The van der Waals surface area contributed by atoms with E-state index >= 15 is 0 Å². The summed E-state index contributed by atoms with van der Waals surface area (Å²) in [7, 11) is 1.64. The van der Waals surface area contributed by atoms with Crippen LogP contribution in [0.5, 0.6) is 0 Å². The fraction of sp³-hybridized carbons (Fsp3) is 0.867. The molecule has 0 aromatic rings. The number of nitrogens with zero attached hydrogens (tertiary/aromatic N) is 1. The summed E-state index contributed by atoms with van der Waals surface area (Å²) >= 11 is 0. The minimum absolute atomic E-state index is 0.0294. The second-order valence-corrected chi connectivity index (χ2v) is 6.31. The first-order chi connectivity index (χ1) is 9.54. The van der Waals surface area contributed by atoms with Crippen LogP contribution in [0.15, 0.2) is 0 Å². The summed E-state index contributed by atoms with van der Waals surface area (Å²) in [5, 5.41) is 2.69. The Labute approximate surface area is 121 Å². The molecule has 1 aliphatic carbocycles. The van der Waals surface area contributed by atoms with E-state index in [1.165, 1.54) is 0 Å². The molecule has 1 aliphatic heterocycles. The molecule has 0 aromatic carbocycles. The topological polar surface area (TPSA) is 75.4 Å². The maximum absolute atomic E-state index is 12.8. The van der Waals surface area contributed by atoms with Gasteiger partial charge in [0.25, 0.3) is 0 Å². The first kappa shape index (κ1) is 15.3. The summed E-state index contributed by atoms with van der Waals surface area (Å²) < 4.78 is 0. The highest BCUT2D eigenvalue weighted by Gasteiger charge is 2.38. The summed E-state index contributed by atoms with van der Waals surface area (Å²) in [5.41, 5.74) is 5.97. The fourth-order valence-corrected chi connectivity index (χ4v) is 3.65. The first-order valence-electron chi connectivity index (χ1n) is 7.82. The molecule has 0 spiro atoms. The molecule has 4 atom stereocenters. The Hall–Kier alpha value is -1.10. The van der Waals surface area contributed by atoms with Crippen LogP contribution in [0.25, 0.3) is 0 Å². The van der Waals surface area contributed by atoms with Crippen molar-refractivity contribution < 1.29 is 9.59 Å². The van der Waals surface area contributed by atoms with E-state index < -0.39 is 0 Å². The number of likely N-dealkylation sites (N-methyl/N-ethyl adjacent to an activating group) is 1. The van der Waals surface area contributed by atoms with Crippen LogP contribution in [0.3, 0.4) is 0 Å². The fourth-order valence-electron chi connectivity index (χ4n) is 3.65. The average molecular weight is 281 g/mol. The number of carbonyl (C=O) groups excluding carboxylic acids is 2. The van der Waals surface area contributed by atoms with Crippen molar-refractivity contribution >= 4 is 11.8 Å². The van der Waals surface area contributed by atoms with Crippen molar-refractivity contribution in [3.8, 4) is 0 Å². The molecule has 1 heterocycles. The summed E-state index contributed by atoms with van der Waals surface area (Å²) in [4.78, 5) is 26.6. The molecule has 114 valence electrons. The predicted molar refractivity (Wildman–Crippen MR) is 77.9 cm³/mol. The molecule has 2 amide bonds. The van der Waals surface area contributed by atoms with Gasteiger partial charge in [-0.1, -0.05) is 6.92 Å². The number of likely N-dealkylation sites (tertiary alicyclic amines) is 1. The largest absolute Gasteiger partial charge is 0.357 e. The van der Waals surface area contributed by atoms with E-state index in [1.54, 1.807) is 7.05 Å². The minimum Gasteiger partial charge on any atom is -0.357 e. The first-order valence-corrected chi connectivity index (χ1v) is 7.82. The zero-order chi connectivity index (χ0) is 14.7. The van der Waals surface area contributed by atoms with Gasteiger partial charge >= 0.3 is 0 Å². The third-order valence-electron chi connectivity index (χ3n) is 4.86. The molecule has 2 fully saturated rings. The van der Waals surface area contributed by atoms with Crippen LogP contribution in [-0.2, 0) is 9.59 Å². The Morgan fingerprint density at radius 2 is 1.95 bits per heavy atom. The molecule has 2 aliphatic rings.